The van der Waals surface area contributed by atoms with E-state index in [2.05, 4.69) is 0 Å². The van der Waals surface area contributed by atoms with E-state index in [4.69, 9.17) is 0 Å². The molecule has 118 valence electrons. The molecule has 1 aromatic rings. The molecular formula is C13H15N3O6. The Morgan fingerprint density at radius 2 is 1.14 bits per heavy atom. The summed E-state index contributed by atoms with van der Waals surface area (Å²) in [6, 6.07) is 0. The lowest BCUT2D eigenvalue weighted by molar-refractivity contribution is -0.405. The van der Waals surface area contributed by atoms with Crippen LogP contribution in [0.5, 0.6) is 0 Å². The predicted octanol–water partition coefficient (Wildman–Crippen LogP) is 3.69. The van der Waals surface area contributed by atoms with Crippen molar-refractivity contribution in [2.24, 2.45) is 0 Å². The minimum absolute atomic E-state index is 0.0492. The zero-order valence-corrected chi connectivity index (χ0v) is 12.2. The van der Waals surface area contributed by atoms with Crippen LogP contribution < -0.4 is 0 Å². The van der Waals surface area contributed by atoms with Crippen molar-refractivity contribution in [1.82, 2.24) is 0 Å². The summed E-state index contributed by atoms with van der Waals surface area (Å²) < 4.78 is 0. The Hall–Kier alpha value is -2.58. The molecule has 0 heterocycles. The Balaban J connectivity index is 2.92. The lowest BCUT2D eigenvalue weighted by atomic mass is 9.89. The van der Waals surface area contributed by atoms with Gasteiger partial charge in [0, 0.05) is 0 Å². The summed E-state index contributed by atoms with van der Waals surface area (Å²) in [6.07, 6.45) is 2.93. The second kappa shape index (κ2) is 5.66. The molecule has 0 radical (unpaired) electrons. The highest BCUT2D eigenvalue weighted by Crippen LogP contribution is 2.49. The average molecular weight is 309 g/mol. The maximum Gasteiger partial charge on any atom is 0.289 e. The molecule has 9 nitrogen and oxygen atoms in total. The van der Waals surface area contributed by atoms with E-state index in [-0.39, 0.29) is 22.6 Å². The van der Waals surface area contributed by atoms with E-state index in [0.29, 0.717) is 12.8 Å². The third-order valence-electron chi connectivity index (χ3n) is 4.24. The zero-order chi connectivity index (χ0) is 16.6. The van der Waals surface area contributed by atoms with E-state index in [0.717, 1.165) is 12.8 Å². The van der Waals surface area contributed by atoms with Gasteiger partial charge in [0.25, 0.3) is 17.1 Å². The molecule has 0 atom stereocenters. The van der Waals surface area contributed by atoms with Gasteiger partial charge in [-0.15, -0.1) is 0 Å². The summed E-state index contributed by atoms with van der Waals surface area (Å²) in [4.78, 5) is 31.8. The highest BCUT2D eigenvalue weighted by atomic mass is 16.6. The second-order valence-electron chi connectivity index (χ2n) is 5.46. The summed E-state index contributed by atoms with van der Waals surface area (Å²) in [5.74, 6) is -0.293. The van der Waals surface area contributed by atoms with Gasteiger partial charge in [0.15, 0.2) is 0 Å². The maximum atomic E-state index is 11.4. The number of rotatable bonds is 4. The van der Waals surface area contributed by atoms with Crippen LogP contribution in [0.15, 0.2) is 0 Å². The van der Waals surface area contributed by atoms with E-state index in [1.54, 1.807) is 0 Å². The van der Waals surface area contributed by atoms with Crippen LogP contribution >= 0.6 is 0 Å². The molecule has 2 rings (SSSR count). The largest absolute Gasteiger partial charge is 0.289 e. The van der Waals surface area contributed by atoms with Crippen molar-refractivity contribution in [3.8, 4) is 0 Å². The molecule has 0 bridgehead atoms. The van der Waals surface area contributed by atoms with E-state index in [9.17, 15) is 30.3 Å². The molecule has 1 fully saturated rings. The van der Waals surface area contributed by atoms with Crippen LogP contribution in [-0.2, 0) is 0 Å². The van der Waals surface area contributed by atoms with Crippen molar-refractivity contribution >= 4 is 17.1 Å². The SMILES string of the molecule is Cc1c([N+](=O)[O-])c(C)c([N+](=O)[O-])c(C2CCCC2)c1[N+](=O)[O-]. The standard InChI is InChI=1S/C13H15N3O6/c1-7-11(14(17)18)8(2)13(16(21)22)10(12(7)15(19)20)9-5-3-4-6-9/h9H,3-6H2,1-2H3. The number of nitro groups is 3. The van der Waals surface area contributed by atoms with Gasteiger partial charge in [-0.25, -0.2) is 0 Å². The summed E-state index contributed by atoms with van der Waals surface area (Å²) in [7, 11) is 0. The lowest BCUT2D eigenvalue weighted by Crippen LogP contribution is -2.11. The normalized spacial score (nSPS) is 15.0. The number of nitrogens with zero attached hydrogens (tertiary/aromatic N) is 3. The van der Waals surface area contributed by atoms with Crippen LogP contribution in [0.1, 0.15) is 48.3 Å². The van der Waals surface area contributed by atoms with Gasteiger partial charge in [0.1, 0.15) is 16.7 Å². The molecule has 0 saturated heterocycles. The fourth-order valence-electron chi connectivity index (χ4n) is 3.37. The third kappa shape index (κ3) is 2.38. The smallest absolute Gasteiger partial charge is 0.258 e. The molecule has 0 spiro atoms. The van der Waals surface area contributed by atoms with E-state index >= 15 is 0 Å². The molecule has 22 heavy (non-hydrogen) atoms. The Kier molecular flexibility index (Phi) is 4.07. The van der Waals surface area contributed by atoms with Crippen molar-refractivity contribution in [2.75, 3.05) is 0 Å². The van der Waals surface area contributed by atoms with E-state index in [1.807, 2.05) is 0 Å². The lowest BCUT2D eigenvalue weighted by Gasteiger charge is -2.14. The first-order chi connectivity index (χ1) is 10.3. The monoisotopic (exact) mass is 309 g/mol. The number of hydrogen-bond donors (Lipinski definition) is 0. The van der Waals surface area contributed by atoms with Gasteiger partial charge in [0.2, 0.25) is 0 Å². The van der Waals surface area contributed by atoms with Crippen LogP contribution in [0.4, 0.5) is 17.1 Å². The summed E-state index contributed by atoms with van der Waals surface area (Å²) >= 11 is 0. The van der Waals surface area contributed by atoms with Gasteiger partial charge in [-0.05, 0) is 32.6 Å². The van der Waals surface area contributed by atoms with Crippen molar-refractivity contribution in [3.05, 3.63) is 47.0 Å². The Morgan fingerprint density at radius 1 is 0.773 bits per heavy atom. The molecule has 1 aliphatic carbocycles. The number of nitro benzene ring substituents is 3. The van der Waals surface area contributed by atoms with Crippen LogP contribution in [0, 0.1) is 44.2 Å². The fraction of sp³-hybridized carbons (Fsp3) is 0.538. The van der Waals surface area contributed by atoms with Gasteiger partial charge in [-0.2, -0.15) is 0 Å². The van der Waals surface area contributed by atoms with Crippen molar-refractivity contribution in [1.29, 1.82) is 0 Å². The fourth-order valence-corrected chi connectivity index (χ4v) is 3.37. The van der Waals surface area contributed by atoms with Gasteiger partial charge in [0.05, 0.1) is 14.8 Å². The highest BCUT2D eigenvalue weighted by molar-refractivity contribution is 5.72. The molecule has 1 saturated carbocycles. The highest BCUT2D eigenvalue weighted by Gasteiger charge is 2.41. The van der Waals surface area contributed by atoms with Gasteiger partial charge >= 0.3 is 0 Å². The molecule has 0 aliphatic heterocycles. The third-order valence-corrected chi connectivity index (χ3v) is 4.24. The first-order valence-corrected chi connectivity index (χ1v) is 6.87. The van der Waals surface area contributed by atoms with Crippen LogP contribution in [-0.4, -0.2) is 14.8 Å². The topological polar surface area (TPSA) is 129 Å². The minimum Gasteiger partial charge on any atom is -0.258 e. The quantitative estimate of drug-likeness (QED) is 0.615. The molecule has 0 N–H and O–H groups in total. The summed E-state index contributed by atoms with van der Waals surface area (Å²) in [5.41, 5.74) is -1.67. The first-order valence-electron chi connectivity index (χ1n) is 6.87. The summed E-state index contributed by atoms with van der Waals surface area (Å²) in [6.45, 7) is 2.57. The molecule has 0 unspecified atom stereocenters. The van der Waals surface area contributed by atoms with E-state index in [1.165, 1.54) is 13.8 Å². The van der Waals surface area contributed by atoms with Crippen LogP contribution in [0.3, 0.4) is 0 Å². The zero-order valence-electron chi connectivity index (χ0n) is 12.2. The predicted molar refractivity (Wildman–Crippen MR) is 77.1 cm³/mol. The molecule has 0 aromatic heterocycles. The maximum absolute atomic E-state index is 11.4. The molecular weight excluding hydrogens is 294 g/mol. The van der Waals surface area contributed by atoms with Gasteiger partial charge in [-0.1, -0.05) is 12.8 Å². The molecule has 1 aliphatic rings. The van der Waals surface area contributed by atoms with E-state index < -0.39 is 31.8 Å². The van der Waals surface area contributed by atoms with Crippen molar-refractivity contribution < 1.29 is 14.8 Å². The number of hydrogen-bond acceptors (Lipinski definition) is 6. The molecule has 0 amide bonds. The Labute approximate surface area is 125 Å². The molecule has 1 aromatic carbocycles. The second-order valence-corrected chi connectivity index (χ2v) is 5.46. The van der Waals surface area contributed by atoms with Crippen molar-refractivity contribution in [2.45, 2.75) is 45.4 Å². The minimum atomic E-state index is -0.789. The van der Waals surface area contributed by atoms with Crippen LogP contribution in [0.25, 0.3) is 0 Å². The Morgan fingerprint density at radius 3 is 1.45 bits per heavy atom. The Bertz CT molecular complexity index is 638. The number of benzene rings is 1. The average Bonchev–Trinajstić information content (AvgIpc) is 2.89. The van der Waals surface area contributed by atoms with Gasteiger partial charge in [-0.3, -0.25) is 30.3 Å². The summed E-state index contributed by atoms with van der Waals surface area (Å²) in [5, 5.41) is 34.0. The molecule has 9 heteroatoms. The van der Waals surface area contributed by atoms with Gasteiger partial charge < -0.3 is 0 Å². The first kappa shape index (κ1) is 15.8. The van der Waals surface area contributed by atoms with Crippen LogP contribution in [0.2, 0.25) is 0 Å². The van der Waals surface area contributed by atoms with Crippen molar-refractivity contribution in [3.63, 3.8) is 0 Å².